The summed E-state index contributed by atoms with van der Waals surface area (Å²) in [6.45, 7) is 2.23. The molecule has 0 bridgehead atoms. The summed E-state index contributed by atoms with van der Waals surface area (Å²) >= 11 is 0. The van der Waals surface area contributed by atoms with Crippen molar-refractivity contribution in [2.75, 3.05) is 51.8 Å². The van der Waals surface area contributed by atoms with Crippen molar-refractivity contribution in [3.8, 4) is 0 Å². The second kappa shape index (κ2) is 8.29. The molecule has 2 aliphatic rings. The zero-order valence-corrected chi connectivity index (χ0v) is 15.6. The molecule has 1 unspecified atom stereocenters. The van der Waals surface area contributed by atoms with Crippen molar-refractivity contribution in [3.63, 3.8) is 0 Å². The number of hydrogen-bond acceptors (Lipinski definition) is 5. The maximum absolute atomic E-state index is 12.8. The van der Waals surface area contributed by atoms with Crippen LogP contribution in [-0.2, 0) is 19.4 Å². The number of carbonyl (C=O) groups is 2. The van der Waals surface area contributed by atoms with Crippen LogP contribution in [0.15, 0.2) is 0 Å². The molecular formula is C16H29N3O4S. The first kappa shape index (κ1) is 19.2. The Balaban J connectivity index is 2.09. The van der Waals surface area contributed by atoms with E-state index in [1.807, 2.05) is 19.0 Å². The predicted octanol–water partition coefficient (Wildman–Crippen LogP) is -0.0337. The molecule has 8 heteroatoms. The Morgan fingerprint density at radius 2 is 1.67 bits per heavy atom. The molecule has 2 heterocycles. The number of sulfone groups is 1. The average Bonchev–Trinajstić information content (AvgIpc) is 2.74. The number of nitrogens with zero attached hydrogens (tertiary/aromatic N) is 3. The summed E-state index contributed by atoms with van der Waals surface area (Å²) in [5.74, 6) is -0.943. The Morgan fingerprint density at radius 3 is 2.17 bits per heavy atom. The molecule has 0 N–H and O–H groups in total. The molecule has 2 rings (SSSR count). The van der Waals surface area contributed by atoms with Gasteiger partial charge in [0.15, 0.2) is 9.84 Å². The molecule has 24 heavy (non-hydrogen) atoms. The van der Waals surface area contributed by atoms with Gasteiger partial charge in [0, 0.05) is 32.2 Å². The molecule has 0 aliphatic carbocycles. The lowest BCUT2D eigenvalue weighted by Crippen LogP contribution is -2.51. The zero-order valence-electron chi connectivity index (χ0n) is 14.7. The summed E-state index contributed by atoms with van der Waals surface area (Å²) in [6, 6.07) is -0.377. The van der Waals surface area contributed by atoms with E-state index in [-0.39, 0.29) is 17.5 Å². The molecule has 2 amide bonds. The highest BCUT2D eigenvalue weighted by Gasteiger charge is 2.37. The molecule has 0 radical (unpaired) electrons. The van der Waals surface area contributed by atoms with Crippen molar-refractivity contribution in [2.24, 2.45) is 0 Å². The fourth-order valence-electron chi connectivity index (χ4n) is 3.31. The zero-order chi connectivity index (χ0) is 17.7. The minimum Gasteiger partial charge on any atom is -0.334 e. The minimum absolute atomic E-state index is 0.0283. The SMILES string of the molecule is CN(C)CCN(C(=O)C(=O)N1CCCCCC1)C1CCS(=O)(=O)C1. The van der Waals surface area contributed by atoms with Gasteiger partial charge in [0.1, 0.15) is 0 Å². The van der Waals surface area contributed by atoms with E-state index in [1.165, 1.54) is 4.90 Å². The van der Waals surface area contributed by atoms with Crippen LogP contribution in [0.4, 0.5) is 0 Å². The van der Waals surface area contributed by atoms with Gasteiger partial charge < -0.3 is 14.7 Å². The standard InChI is InChI=1S/C16H29N3O4S/c1-17(2)10-11-19(14-7-12-24(22,23)13-14)16(21)15(20)18-8-5-3-4-6-9-18/h14H,3-13H2,1-2H3. The fourth-order valence-corrected chi connectivity index (χ4v) is 5.04. The third-order valence-electron chi connectivity index (χ3n) is 4.77. The Kier molecular flexibility index (Phi) is 6.62. The van der Waals surface area contributed by atoms with Crippen molar-refractivity contribution in [2.45, 2.75) is 38.1 Å². The molecule has 1 atom stereocenters. The van der Waals surface area contributed by atoms with Crippen LogP contribution in [0.2, 0.25) is 0 Å². The van der Waals surface area contributed by atoms with Gasteiger partial charge in [-0.1, -0.05) is 12.8 Å². The second-order valence-corrected chi connectivity index (χ2v) is 9.29. The van der Waals surface area contributed by atoms with E-state index < -0.39 is 21.7 Å². The first-order valence-electron chi connectivity index (χ1n) is 8.75. The van der Waals surface area contributed by atoms with Gasteiger partial charge >= 0.3 is 11.8 Å². The lowest BCUT2D eigenvalue weighted by atomic mass is 10.2. The lowest BCUT2D eigenvalue weighted by Gasteiger charge is -2.31. The summed E-state index contributed by atoms with van der Waals surface area (Å²) in [4.78, 5) is 30.5. The van der Waals surface area contributed by atoms with Crippen molar-refractivity contribution in [1.82, 2.24) is 14.7 Å². The highest BCUT2D eigenvalue weighted by molar-refractivity contribution is 7.91. The van der Waals surface area contributed by atoms with E-state index in [4.69, 9.17) is 0 Å². The van der Waals surface area contributed by atoms with Crippen molar-refractivity contribution in [3.05, 3.63) is 0 Å². The largest absolute Gasteiger partial charge is 0.334 e. The van der Waals surface area contributed by atoms with Crippen molar-refractivity contribution >= 4 is 21.7 Å². The Bertz CT molecular complexity index is 554. The summed E-state index contributed by atoms with van der Waals surface area (Å²) < 4.78 is 23.6. The molecule has 0 saturated carbocycles. The molecule has 0 aromatic rings. The van der Waals surface area contributed by atoms with Crippen molar-refractivity contribution in [1.29, 1.82) is 0 Å². The predicted molar refractivity (Wildman–Crippen MR) is 92.4 cm³/mol. The smallest absolute Gasteiger partial charge is 0.312 e. The fraction of sp³-hybridized carbons (Fsp3) is 0.875. The summed E-state index contributed by atoms with van der Waals surface area (Å²) in [5, 5.41) is 0. The van der Waals surface area contributed by atoms with Gasteiger partial charge in [0.2, 0.25) is 0 Å². The first-order chi connectivity index (χ1) is 11.3. The van der Waals surface area contributed by atoms with Crippen LogP contribution in [-0.4, -0.2) is 92.8 Å². The quantitative estimate of drug-likeness (QED) is 0.659. The highest BCUT2D eigenvalue weighted by atomic mass is 32.2. The molecule has 2 fully saturated rings. The summed E-state index contributed by atoms with van der Waals surface area (Å²) in [7, 11) is 0.686. The molecule has 0 spiro atoms. The molecule has 2 aliphatic heterocycles. The molecule has 7 nitrogen and oxygen atoms in total. The second-order valence-electron chi connectivity index (χ2n) is 7.07. The molecule has 2 saturated heterocycles. The maximum Gasteiger partial charge on any atom is 0.312 e. The Hall–Kier alpha value is -1.15. The van der Waals surface area contributed by atoms with Crippen LogP contribution in [0.5, 0.6) is 0 Å². The van der Waals surface area contributed by atoms with Gasteiger partial charge in [-0.2, -0.15) is 0 Å². The third kappa shape index (κ3) is 5.17. The topological polar surface area (TPSA) is 78.0 Å². The summed E-state index contributed by atoms with van der Waals surface area (Å²) in [5.41, 5.74) is 0. The third-order valence-corrected chi connectivity index (χ3v) is 6.52. The number of rotatable bonds is 4. The highest BCUT2D eigenvalue weighted by Crippen LogP contribution is 2.19. The molecular weight excluding hydrogens is 330 g/mol. The van der Waals surface area contributed by atoms with E-state index in [2.05, 4.69) is 0 Å². The van der Waals surface area contributed by atoms with Crippen LogP contribution in [0, 0.1) is 0 Å². The number of likely N-dealkylation sites (N-methyl/N-ethyl adjacent to an activating group) is 1. The number of hydrogen-bond donors (Lipinski definition) is 0. The van der Waals surface area contributed by atoms with E-state index in [0.29, 0.717) is 32.6 Å². The number of amides is 2. The molecule has 0 aromatic carbocycles. The lowest BCUT2D eigenvalue weighted by molar-refractivity contribution is -0.153. The monoisotopic (exact) mass is 359 g/mol. The van der Waals surface area contributed by atoms with Gasteiger partial charge in [0.25, 0.3) is 0 Å². The van der Waals surface area contributed by atoms with Crippen LogP contribution < -0.4 is 0 Å². The minimum atomic E-state index is -3.10. The summed E-state index contributed by atoms with van der Waals surface area (Å²) in [6.07, 6.45) is 4.45. The Labute approximate surface area is 144 Å². The van der Waals surface area contributed by atoms with Crippen LogP contribution in [0.1, 0.15) is 32.1 Å². The van der Waals surface area contributed by atoms with E-state index in [9.17, 15) is 18.0 Å². The molecule has 138 valence electrons. The van der Waals surface area contributed by atoms with Gasteiger partial charge in [-0.3, -0.25) is 9.59 Å². The Morgan fingerprint density at radius 1 is 1.04 bits per heavy atom. The number of likely N-dealkylation sites (tertiary alicyclic amines) is 1. The van der Waals surface area contributed by atoms with E-state index >= 15 is 0 Å². The number of carbonyl (C=O) groups excluding carboxylic acids is 2. The normalized spacial score (nSPS) is 24.0. The van der Waals surface area contributed by atoms with Gasteiger partial charge in [-0.25, -0.2) is 8.42 Å². The van der Waals surface area contributed by atoms with Gasteiger partial charge in [-0.15, -0.1) is 0 Å². The van der Waals surface area contributed by atoms with E-state index in [1.54, 1.807) is 4.90 Å². The van der Waals surface area contributed by atoms with Gasteiger partial charge in [0.05, 0.1) is 11.5 Å². The molecule has 0 aromatic heterocycles. The van der Waals surface area contributed by atoms with Gasteiger partial charge in [-0.05, 0) is 33.4 Å². The van der Waals surface area contributed by atoms with Crippen LogP contribution in [0.25, 0.3) is 0 Å². The van der Waals surface area contributed by atoms with Crippen LogP contribution >= 0.6 is 0 Å². The average molecular weight is 359 g/mol. The van der Waals surface area contributed by atoms with E-state index in [0.717, 1.165) is 25.7 Å². The maximum atomic E-state index is 12.8. The van der Waals surface area contributed by atoms with Crippen LogP contribution in [0.3, 0.4) is 0 Å². The first-order valence-corrected chi connectivity index (χ1v) is 10.6. The van der Waals surface area contributed by atoms with Crippen molar-refractivity contribution < 1.29 is 18.0 Å².